The van der Waals surface area contributed by atoms with Crippen LogP contribution in [0.5, 0.6) is 0 Å². The minimum atomic E-state index is 0.499. The smallest absolute Gasteiger partial charge is 0.0621 e. The zero-order chi connectivity index (χ0) is 9.72. The molecule has 0 amide bonds. The van der Waals surface area contributed by atoms with E-state index in [4.69, 9.17) is 5.84 Å². The van der Waals surface area contributed by atoms with Crippen LogP contribution in [0.25, 0.3) is 0 Å². The van der Waals surface area contributed by atoms with Crippen molar-refractivity contribution in [2.24, 2.45) is 16.9 Å². The molecule has 2 N–H and O–H groups in total. The van der Waals surface area contributed by atoms with E-state index in [-0.39, 0.29) is 0 Å². The van der Waals surface area contributed by atoms with Gasteiger partial charge in [0.15, 0.2) is 0 Å². The highest BCUT2D eigenvalue weighted by Crippen LogP contribution is 2.11. The maximum absolute atomic E-state index is 5.40. The number of hydrazine groups is 1. The lowest BCUT2D eigenvalue weighted by molar-refractivity contribution is 0.371. The molecule has 0 bridgehead atoms. The Kier molecular flexibility index (Phi) is 4.59. The summed E-state index contributed by atoms with van der Waals surface area (Å²) >= 11 is 0. The number of nitrogens with zero attached hydrogens (tertiary/aromatic N) is 2. The number of hydrogen-bond donors (Lipinski definition) is 1. The standard InChI is InChI=1S/C9H19N3/c1-6-9(7(2)3)8(4)11-12(5)10/h6-7H,10H2,1-5H3/b9-6-,11-8-. The van der Waals surface area contributed by atoms with Crippen molar-refractivity contribution in [2.45, 2.75) is 27.7 Å². The van der Waals surface area contributed by atoms with E-state index in [0.717, 1.165) is 5.71 Å². The summed E-state index contributed by atoms with van der Waals surface area (Å²) in [5.74, 6) is 5.90. The second kappa shape index (κ2) is 4.93. The van der Waals surface area contributed by atoms with Gasteiger partial charge in [-0.2, -0.15) is 5.10 Å². The number of rotatable bonds is 3. The molecule has 0 aliphatic carbocycles. The first-order chi connectivity index (χ1) is 5.49. The van der Waals surface area contributed by atoms with Gasteiger partial charge in [0, 0.05) is 7.05 Å². The molecule has 12 heavy (non-hydrogen) atoms. The van der Waals surface area contributed by atoms with Crippen molar-refractivity contribution in [3.63, 3.8) is 0 Å². The summed E-state index contributed by atoms with van der Waals surface area (Å²) in [5, 5.41) is 5.46. The Morgan fingerprint density at radius 2 is 2.00 bits per heavy atom. The monoisotopic (exact) mass is 169 g/mol. The van der Waals surface area contributed by atoms with Gasteiger partial charge < -0.3 is 0 Å². The van der Waals surface area contributed by atoms with Crippen LogP contribution in [0.2, 0.25) is 0 Å². The van der Waals surface area contributed by atoms with Gasteiger partial charge in [-0.05, 0) is 25.3 Å². The molecule has 3 heteroatoms. The van der Waals surface area contributed by atoms with Gasteiger partial charge in [-0.25, -0.2) is 11.0 Å². The van der Waals surface area contributed by atoms with Crippen LogP contribution in [0.1, 0.15) is 27.7 Å². The fourth-order valence-corrected chi connectivity index (χ4v) is 1.25. The van der Waals surface area contributed by atoms with Gasteiger partial charge in [0.1, 0.15) is 0 Å². The van der Waals surface area contributed by atoms with Gasteiger partial charge in [-0.1, -0.05) is 19.9 Å². The van der Waals surface area contributed by atoms with Crippen molar-refractivity contribution in [3.8, 4) is 0 Å². The van der Waals surface area contributed by atoms with E-state index in [2.05, 4.69) is 25.0 Å². The summed E-state index contributed by atoms with van der Waals surface area (Å²) in [6.07, 6.45) is 2.08. The van der Waals surface area contributed by atoms with E-state index in [1.165, 1.54) is 10.7 Å². The van der Waals surface area contributed by atoms with Crippen LogP contribution in [0.15, 0.2) is 16.8 Å². The van der Waals surface area contributed by atoms with E-state index < -0.39 is 0 Å². The predicted octanol–water partition coefficient (Wildman–Crippen LogP) is 1.77. The normalized spacial score (nSPS) is 13.9. The molecule has 0 aromatic rings. The van der Waals surface area contributed by atoms with E-state index in [1.807, 2.05) is 13.8 Å². The van der Waals surface area contributed by atoms with E-state index in [9.17, 15) is 0 Å². The number of allylic oxidation sites excluding steroid dienone is 2. The summed E-state index contributed by atoms with van der Waals surface area (Å²) in [4.78, 5) is 0. The number of nitrogens with two attached hydrogens (primary N) is 1. The van der Waals surface area contributed by atoms with Crippen LogP contribution in [0, 0.1) is 5.92 Å². The first-order valence-corrected chi connectivity index (χ1v) is 4.19. The largest absolute Gasteiger partial charge is 0.235 e. The summed E-state index contributed by atoms with van der Waals surface area (Å²) < 4.78 is 0. The third-order valence-corrected chi connectivity index (χ3v) is 1.66. The van der Waals surface area contributed by atoms with Gasteiger partial charge in [-0.15, -0.1) is 0 Å². The number of hydrazone groups is 1. The van der Waals surface area contributed by atoms with Crippen LogP contribution in [0.3, 0.4) is 0 Å². The summed E-state index contributed by atoms with van der Waals surface area (Å²) in [5.41, 5.74) is 2.23. The lowest BCUT2D eigenvalue weighted by Crippen LogP contribution is -2.22. The van der Waals surface area contributed by atoms with Crippen LogP contribution >= 0.6 is 0 Å². The molecule has 0 saturated carbocycles. The van der Waals surface area contributed by atoms with E-state index >= 15 is 0 Å². The van der Waals surface area contributed by atoms with E-state index in [1.54, 1.807) is 7.05 Å². The SMILES string of the molecule is C/C=C(\C(C)=N/N(C)N)C(C)C. The summed E-state index contributed by atoms with van der Waals surface area (Å²) in [7, 11) is 1.72. The predicted molar refractivity (Wildman–Crippen MR) is 53.7 cm³/mol. The molecular weight excluding hydrogens is 150 g/mol. The molecule has 0 unspecified atom stereocenters. The molecule has 0 aliphatic rings. The van der Waals surface area contributed by atoms with Crippen LogP contribution in [-0.2, 0) is 0 Å². The highest BCUT2D eigenvalue weighted by molar-refractivity contribution is 5.98. The molecule has 0 aliphatic heterocycles. The zero-order valence-corrected chi connectivity index (χ0v) is 8.63. The van der Waals surface area contributed by atoms with Gasteiger partial charge in [-0.3, -0.25) is 0 Å². The topological polar surface area (TPSA) is 41.6 Å². The molecule has 0 radical (unpaired) electrons. The minimum absolute atomic E-state index is 0.499. The third-order valence-electron chi connectivity index (χ3n) is 1.66. The maximum Gasteiger partial charge on any atom is 0.0621 e. The maximum atomic E-state index is 5.40. The summed E-state index contributed by atoms with van der Waals surface area (Å²) in [6.45, 7) is 8.28. The number of hydrogen-bond acceptors (Lipinski definition) is 3. The van der Waals surface area contributed by atoms with Gasteiger partial charge in [0.2, 0.25) is 0 Å². The van der Waals surface area contributed by atoms with Gasteiger partial charge in [0.05, 0.1) is 5.71 Å². The van der Waals surface area contributed by atoms with Crippen molar-refractivity contribution in [3.05, 3.63) is 11.6 Å². The van der Waals surface area contributed by atoms with Crippen molar-refractivity contribution in [1.82, 2.24) is 5.12 Å². The lowest BCUT2D eigenvalue weighted by atomic mass is 9.99. The fraction of sp³-hybridized carbons (Fsp3) is 0.667. The second-order valence-corrected chi connectivity index (χ2v) is 3.16. The average molecular weight is 169 g/mol. The van der Waals surface area contributed by atoms with Crippen molar-refractivity contribution < 1.29 is 0 Å². The Hall–Kier alpha value is -0.830. The molecule has 0 saturated heterocycles. The molecule has 0 aromatic heterocycles. The first-order valence-electron chi connectivity index (χ1n) is 4.19. The Balaban J connectivity index is 4.55. The molecule has 3 nitrogen and oxygen atoms in total. The summed E-state index contributed by atoms with van der Waals surface area (Å²) in [6, 6.07) is 0. The highest BCUT2D eigenvalue weighted by Gasteiger charge is 2.05. The molecule has 0 aromatic carbocycles. The molecule has 0 fully saturated rings. The Labute approximate surface area is 74.9 Å². The highest BCUT2D eigenvalue weighted by atomic mass is 15.6. The molecule has 0 atom stereocenters. The quantitative estimate of drug-likeness (QED) is 0.397. The second-order valence-electron chi connectivity index (χ2n) is 3.16. The molecule has 0 heterocycles. The van der Waals surface area contributed by atoms with Crippen molar-refractivity contribution in [2.75, 3.05) is 7.05 Å². The molecule has 0 rings (SSSR count). The van der Waals surface area contributed by atoms with Crippen molar-refractivity contribution >= 4 is 5.71 Å². The first kappa shape index (κ1) is 11.2. The minimum Gasteiger partial charge on any atom is -0.235 e. The molecular formula is C9H19N3. The Morgan fingerprint density at radius 3 is 2.25 bits per heavy atom. The zero-order valence-electron chi connectivity index (χ0n) is 8.63. The Bertz CT molecular complexity index is 190. The third kappa shape index (κ3) is 3.53. The Morgan fingerprint density at radius 1 is 1.50 bits per heavy atom. The molecule has 0 spiro atoms. The van der Waals surface area contributed by atoms with E-state index in [0.29, 0.717) is 5.92 Å². The van der Waals surface area contributed by atoms with Crippen molar-refractivity contribution in [1.29, 1.82) is 0 Å². The van der Waals surface area contributed by atoms with Gasteiger partial charge >= 0.3 is 0 Å². The average Bonchev–Trinajstić information content (AvgIpc) is 1.85. The van der Waals surface area contributed by atoms with Crippen LogP contribution < -0.4 is 5.84 Å². The lowest BCUT2D eigenvalue weighted by Gasteiger charge is -2.12. The van der Waals surface area contributed by atoms with Crippen LogP contribution in [0.4, 0.5) is 0 Å². The molecule has 70 valence electrons. The fourth-order valence-electron chi connectivity index (χ4n) is 1.25. The van der Waals surface area contributed by atoms with Gasteiger partial charge in [0.25, 0.3) is 0 Å². The van der Waals surface area contributed by atoms with Crippen LogP contribution in [-0.4, -0.2) is 17.9 Å².